The van der Waals surface area contributed by atoms with Crippen LogP contribution in [0, 0.1) is 10.1 Å². The first kappa shape index (κ1) is 17.5. The molecule has 0 saturated carbocycles. The van der Waals surface area contributed by atoms with Gasteiger partial charge in [0.1, 0.15) is 0 Å². The van der Waals surface area contributed by atoms with Crippen LogP contribution >= 0.6 is 0 Å². The van der Waals surface area contributed by atoms with Crippen molar-refractivity contribution in [3.05, 3.63) is 64.5 Å². The number of pyridine rings is 1. The van der Waals surface area contributed by atoms with Crippen molar-refractivity contribution in [2.75, 3.05) is 26.2 Å². The minimum Gasteiger partial charge on any atom is -0.296 e. The average molecular weight is 362 g/mol. The molecule has 0 N–H and O–H groups in total. The van der Waals surface area contributed by atoms with E-state index < -0.39 is 14.9 Å². The molecule has 1 aliphatic heterocycles. The highest BCUT2D eigenvalue weighted by Gasteiger charge is 2.33. The summed E-state index contributed by atoms with van der Waals surface area (Å²) in [6.45, 7) is 2.43. The van der Waals surface area contributed by atoms with Crippen LogP contribution in [0.1, 0.15) is 5.56 Å². The standard InChI is InChI=1S/C16H18N4O4S/c21-20(22)15-5-1-2-6-16(15)25(23,24)19-10-8-18(9-11-19)13-14-4-3-7-17-12-14/h1-7,12H,8-11,13H2. The zero-order valence-electron chi connectivity index (χ0n) is 13.5. The fraction of sp³-hybridized carbons (Fsp3) is 0.312. The van der Waals surface area contributed by atoms with Crippen molar-refractivity contribution in [1.29, 1.82) is 0 Å². The number of para-hydroxylation sites is 1. The van der Waals surface area contributed by atoms with Crippen LogP contribution in [-0.4, -0.2) is 53.7 Å². The molecule has 8 nitrogen and oxygen atoms in total. The van der Waals surface area contributed by atoms with Crippen LogP contribution in [0.15, 0.2) is 53.7 Å². The molecule has 0 spiro atoms. The number of rotatable bonds is 5. The van der Waals surface area contributed by atoms with Crippen LogP contribution in [-0.2, 0) is 16.6 Å². The quantitative estimate of drug-likeness (QED) is 0.591. The number of hydrogen-bond acceptors (Lipinski definition) is 6. The summed E-state index contributed by atoms with van der Waals surface area (Å²) in [5.74, 6) is 0. The lowest BCUT2D eigenvalue weighted by molar-refractivity contribution is -0.387. The van der Waals surface area contributed by atoms with Gasteiger partial charge < -0.3 is 0 Å². The highest BCUT2D eigenvalue weighted by Crippen LogP contribution is 2.27. The maximum absolute atomic E-state index is 12.8. The van der Waals surface area contributed by atoms with E-state index in [1.807, 2.05) is 12.1 Å². The fourth-order valence-corrected chi connectivity index (χ4v) is 4.42. The summed E-state index contributed by atoms with van der Waals surface area (Å²) < 4.78 is 26.9. The molecule has 0 aliphatic carbocycles. The van der Waals surface area contributed by atoms with Crippen LogP contribution in [0.5, 0.6) is 0 Å². The van der Waals surface area contributed by atoms with Gasteiger partial charge in [-0.25, -0.2) is 8.42 Å². The molecule has 3 rings (SSSR count). The normalized spacial score (nSPS) is 16.6. The van der Waals surface area contributed by atoms with E-state index in [1.165, 1.54) is 28.6 Å². The van der Waals surface area contributed by atoms with Crippen molar-refractivity contribution in [3.63, 3.8) is 0 Å². The van der Waals surface area contributed by atoms with Crippen molar-refractivity contribution in [2.24, 2.45) is 0 Å². The number of hydrogen-bond donors (Lipinski definition) is 0. The van der Waals surface area contributed by atoms with Gasteiger partial charge in [0, 0.05) is 51.2 Å². The Morgan fingerprint density at radius 2 is 1.80 bits per heavy atom. The van der Waals surface area contributed by atoms with E-state index in [-0.39, 0.29) is 10.6 Å². The first-order valence-corrected chi connectivity index (χ1v) is 9.27. The van der Waals surface area contributed by atoms with E-state index in [4.69, 9.17) is 0 Å². The number of nitrogens with zero attached hydrogens (tertiary/aromatic N) is 4. The van der Waals surface area contributed by atoms with Crippen LogP contribution in [0.4, 0.5) is 5.69 Å². The Morgan fingerprint density at radius 1 is 1.08 bits per heavy atom. The third-order valence-corrected chi connectivity index (χ3v) is 6.09. The zero-order valence-corrected chi connectivity index (χ0v) is 14.3. The molecular formula is C16H18N4O4S. The first-order chi connectivity index (χ1) is 12.0. The molecule has 132 valence electrons. The number of aromatic nitrogens is 1. The van der Waals surface area contributed by atoms with Gasteiger partial charge in [-0.2, -0.15) is 4.31 Å². The Kier molecular flexibility index (Phi) is 5.07. The van der Waals surface area contributed by atoms with Gasteiger partial charge in [-0.05, 0) is 17.7 Å². The lowest BCUT2D eigenvalue weighted by atomic mass is 10.2. The molecule has 2 heterocycles. The highest BCUT2D eigenvalue weighted by atomic mass is 32.2. The number of benzene rings is 1. The molecule has 0 atom stereocenters. The van der Waals surface area contributed by atoms with Crippen molar-refractivity contribution >= 4 is 15.7 Å². The van der Waals surface area contributed by atoms with E-state index in [2.05, 4.69) is 9.88 Å². The summed E-state index contributed by atoms with van der Waals surface area (Å²) in [6, 6.07) is 9.30. The monoisotopic (exact) mass is 362 g/mol. The molecule has 0 bridgehead atoms. The van der Waals surface area contributed by atoms with Gasteiger partial charge in [0.2, 0.25) is 10.0 Å². The summed E-state index contributed by atoms with van der Waals surface area (Å²) in [6.07, 6.45) is 3.50. The minimum atomic E-state index is -3.88. The van der Waals surface area contributed by atoms with Gasteiger partial charge in [-0.1, -0.05) is 18.2 Å². The predicted molar refractivity (Wildman–Crippen MR) is 91.4 cm³/mol. The molecule has 2 aromatic rings. The largest absolute Gasteiger partial charge is 0.296 e. The molecule has 0 unspecified atom stereocenters. The molecular weight excluding hydrogens is 344 g/mol. The number of sulfonamides is 1. The topological polar surface area (TPSA) is 96.6 Å². The van der Waals surface area contributed by atoms with Crippen molar-refractivity contribution < 1.29 is 13.3 Å². The molecule has 1 saturated heterocycles. The van der Waals surface area contributed by atoms with Gasteiger partial charge >= 0.3 is 0 Å². The van der Waals surface area contributed by atoms with Gasteiger partial charge in [0.25, 0.3) is 5.69 Å². The van der Waals surface area contributed by atoms with E-state index in [9.17, 15) is 18.5 Å². The molecule has 1 aliphatic rings. The van der Waals surface area contributed by atoms with Gasteiger partial charge in [0.15, 0.2) is 4.90 Å². The van der Waals surface area contributed by atoms with E-state index in [1.54, 1.807) is 12.4 Å². The number of piperazine rings is 1. The van der Waals surface area contributed by atoms with Crippen molar-refractivity contribution in [3.8, 4) is 0 Å². The maximum Gasteiger partial charge on any atom is 0.289 e. The average Bonchev–Trinajstić information content (AvgIpc) is 2.63. The summed E-state index contributed by atoms with van der Waals surface area (Å²) in [7, 11) is -3.88. The third kappa shape index (κ3) is 3.84. The first-order valence-electron chi connectivity index (χ1n) is 7.83. The summed E-state index contributed by atoms with van der Waals surface area (Å²) in [5.41, 5.74) is 0.679. The SMILES string of the molecule is O=[N+]([O-])c1ccccc1S(=O)(=O)N1CCN(Cc2cccnc2)CC1. The number of nitro groups is 1. The van der Waals surface area contributed by atoms with Gasteiger partial charge in [-0.15, -0.1) is 0 Å². The highest BCUT2D eigenvalue weighted by molar-refractivity contribution is 7.89. The zero-order chi connectivity index (χ0) is 17.9. The Bertz CT molecular complexity index is 849. The predicted octanol–water partition coefficient (Wildman–Crippen LogP) is 1.50. The Labute approximate surface area is 145 Å². The van der Waals surface area contributed by atoms with Crippen molar-refractivity contribution in [1.82, 2.24) is 14.2 Å². The van der Waals surface area contributed by atoms with Crippen LogP contribution < -0.4 is 0 Å². The minimum absolute atomic E-state index is 0.249. The van der Waals surface area contributed by atoms with Crippen LogP contribution in [0.3, 0.4) is 0 Å². The fourth-order valence-electron chi connectivity index (χ4n) is 2.84. The second kappa shape index (κ2) is 7.26. The molecule has 1 fully saturated rings. The van der Waals surface area contributed by atoms with Gasteiger partial charge in [0.05, 0.1) is 4.92 Å². The lowest BCUT2D eigenvalue weighted by Gasteiger charge is -2.33. The molecule has 1 aromatic carbocycles. The Morgan fingerprint density at radius 3 is 2.44 bits per heavy atom. The second-order valence-electron chi connectivity index (χ2n) is 5.77. The Hall–Kier alpha value is -2.36. The summed E-state index contributed by atoms with van der Waals surface area (Å²) in [5, 5.41) is 11.1. The summed E-state index contributed by atoms with van der Waals surface area (Å²) >= 11 is 0. The van der Waals surface area contributed by atoms with Gasteiger partial charge in [-0.3, -0.25) is 20.0 Å². The van der Waals surface area contributed by atoms with Crippen LogP contribution in [0.2, 0.25) is 0 Å². The lowest BCUT2D eigenvalue weighted by Crippen LogP contribution is -2.48. The third-order valence-electron chi connectivity index (χ3n) is 4.14. The van der Waals surface area contributed by atoms with E-state index in [0.717, 1.165) is 5.56 Å². The molecule has 0 amide bonds. The van der Waals surface area contributed by atoms with E-state index in [0.29, 0.717) is 32.7 Å². The molecule has 9 heteroatoms. The number of nitro benzene ring substituents is 1. The summed E-state index contributed by atoms with van der Waals surface area (Å²) in [4.78, 5) is 16.4. The van der Waals surface area contributed by atoms with Crippen LogP contribution in [0.25, 0.3) is 0 Å². The molecule has 0 radical (unpaired) electrons. The maximum atomic E-state index is 12.8. The van der Waals surface area contributed by atoms with E-state index >= 15 is 0 Å². The second-order valence-corrected chi connectivity index (χ2v) is 7.67. The molecule has 25 heavy (non-hydrogen) atoms. The Balaban J connectivity index is 1.71. The van der Waals surface area contributed by atoms with Crippen molar-refractivity contribution in [2.45, 2.75) is 11.4 Å². The molecule has 1 aromatic heterocycles. The smallest absolute Gasteiger partial charge is 0.289 e.